The second-order valence-corrected chi connectivity index (χ2v) is 7.94. The first-order chi connectivity index (χ1) is 14.2. The van der Waals surface area contributed by atoms with Crippen LogP contribution in [-0.2, 0) is 14.8 Å². The van der Waals surface area contributed by atoms with Crippen LogP contribution < -0.4 is 14.9 Å². The van der Waals surface area contributed by atoms with Gasteiger partial charge in [0.25, 0.3) is 11.6 Å². The predicted octanol–water partition coefficient (Wildman–Crippen LogP) is 1.38. The lowest BCUT2D eigenvalue weighted by Gasteiger charge is -2.18. The van der Waals surface area contributed by atoms with Crippen LogP contribution in [0.4, 0.5) is 5.69 Å². The summed E-state index contributed by atoms with van der Waals surface area (Å²) in [7, 11) is -0.0998. The smallest absolute Gasteiger partial charge is 0.270 e. The number of methoxy groups -OCH3 is 2. The fourth-order valence-electron chi connectivity index (χ4n) is 2.37. The Morgan fingerprint density at radius 1 is 1.23 bits per heavy atom. The Labute approximate surface area is 173 Å². The largest absolute Gasteiger partial charge is 0.497 e. The number of rotatable bonds is 9. The first kappa shape index (κ1) is 22.8. The van der Waals surface area contributed by atoms with Gasteiger partial charge in [0, 0.05) is 30.8 Å². The van der Waals surface area contributed by atoms with Crippen LogP contribution >= 0.6 is 0 Å². The predicted molar refractivity (Wildman–Crippen MR) is 108 cm³/mol. The van der Waals surface area contributed by atoms with Crippen LogP contribution in [0.2, 0.25) is 0 Å². The standard InChI is InChI=1S/C18H20N4O7S/c1-21(30(26,27)17-10-15(28-2)7-8-16(17)29-3)12-18(23)20-19-11-13-5-4-6-14(9-13)22(24)25/h4-11H,12H2,1-3H3,(H,20,23). The van der Waals surface area contributed by atoms with Crippen LogP contribution in [0.25, 0.3) is 0 Å². The number of benzene rings is 2. The average Bonchev–Trinajstić information content (AvgIpc) is 2.73. The molecule has 0 aromatic heterocycles. The number of nitro benzene ring substituents is 1. The molecule has 0 saturated heterocycles. The van der Waals surface area contributed by atoms with Gasteiger partial charge >= 0.3 is 0 Å². The summed E-state index contributed by atoms with van der Waals surface area (Å²) in [6.07, 6.45) is 1.21. The zero-order chi connectivity index (χ0) is 22.3. The van der Waals surface area contributed by atoms with Crippen LogP contribution in [-0.4, -0.2) is 57.6 Å². The molecule has 0 heterocycles. The van der Waals surface area contributed by atoms with Gasteiger partial charge in [-0.1, -0.05) is 12.1 Å². The van der Waals surface area contributed by atoms with Crippen molar-refractivity contribution in [3.63, 3.8) is 0 Å². The zero-order valence-electron chi connectivity index (χ0n) is 16.4. The molecule has 0 aliphatic carbocycles. The highest BCUT2D eigenvalue weighted by Crippen LogP contribution is 2.30. The number of hydrogen-bond donors (Lipinski definition) is 1. The fraction of sp³-hybridized carbons (Fsp3) is 0.222. The molecule has 0 unspecified atom stereocenters. The monoisotopic (exact) mass is 436 g/mol. The number of ether oxygens (including phenoxy) is 2. The minimum atomic E-state index is -4.06. The number of non-ortho nitro benzene ring substituents is 1. The second-order valence-electron chi connectivity index (χ2n) is 5.92. The Hall–Kier alpha value is -3.51. The fourth-order valence-corrected chi connectivity index (χ4v) is 3.67. The van der Waals surface area contributed by atoms with Crippen molar-refractivity contribution in [2.45, 2.75) is 4.90 Å². The van der Waals surface area contributed by atoms with Gasteiger partial charge in [0.1, 0.15) is 16.4 Å². The van der Waals surface area contributed by atoms with E-state index in [1.807, 2.05) is 0 Å². The SMILES string of the molecule is COc1ccc(OC)c(S(=O)(=O)N(C)CC(=O)NN=Cc2cccc([N+](=O)[O-])c2)c1. The Bertz CT molecular complexity index is 1070. The first-order valence-electron chi connectivity index (χ1n) is 8.43. The first-order valence-corrected chi connectivity index (χ1v) is 9.87. The van der Waals surface area contributed by atoms with Crippen LogP contribution in [0.5, 0.6) is 11.5 Å². The second kappa shape index (κ2) is 9.80. The van der Waals surface area contributed by atoms with Crippen molar-refractivity contribution in [2.24, 2.45) is 5.10 Å². The minimum Gasteiger partial charge on any atom is -0.497 e. The number of amides is 1. The molecule has 0 saturated carbocycles. The van der Waals surface area contributed by atoms with Gasteiger partial charge in [0.15, 0.2) is 0 Å². The molecule has 0 aliphatic rings. The molecule has 0 atom stereocenters. The molecule has 0 aliphatic heterocycles. The Morgan fingerprint density at radius 3 is 2.60 bits per heavy atom. The van der Waals surface area contributed by atoms with Crippen LogP contribution in [0.15, 0.2) is 52.5 Å². The normalized spacial score (nSPS) is 11.5. The highest BCUT2D eigenvalue weighted by molar-refractivity contribution is 7.89. The number of nitrogens with zero attached hydrogens (tertiary/aromatic N) is 3. The van der Waals surface area contributed by atoms with Gasteiger partial charge in [0.2, 0.25) is 10.0 Å². The van der Waals surface area contributed by atoms with Gasteiger partial charge < -0.3 is 9.47 Å². The number of carbonyl (C=O) groups is 1. The summed E-state index contributed by atoms with van der Waals surface area (Å²) in [5.41, 5.74) is 2.46. The van der Waals surface area contributed by atoms with Crippen molar-refractivity contribution in [3.8, 4) is 11.5 Å². The topological polar surface area (TPSA) is 140 Å². The highest BCUT2D eigenvalue weighted by Gasteiger charge is 2.27. The maximum atomic E-state index is 12.8. The van der Waals surface area contributed by atoms with Crippen LogP contribution in [0, 0.1) is 10.1 Å². The molecule has 11 nitrogen and oxygen atoms in total. The Balaban J connectivity index is 2.08. The summed E-state index contributed by atoms with van der Waals surface area (Å²) in [6.45, 7) is -0.519. The maximum absolute atomic E-state index is 12.8. The average molecular weight is 436 g/mol. The van der Waals surface area contributed by atoms with Crippen molar-refractivity contribution in [3.05, 3.63) is 58.1 Å². The van der Waals surface area contributed by atoms with Crippen molar-refractivity contribution in [2.75, 3.05) is 27.8 Å². The van der Waals surface area contributed by atoms with E-state index in [1.54, 1.807) is 12.1 Å². The van der Waals surface area contributed by atoms with Gasteiger partial charge in [-0.15, -0.1) is 0 Å². The Kier molecular flexibility index (Phi) is 7.44. The number of carbonyl (C=O) groups excluding carboxylic acids is 1. The van der Waals surface area contributed by atoms with Gasteiger partial charge in [-0.2, -0.15) is 9.41 Å². The Morgan fingerprint density at radius 2 is 1.97 bits per heavy atom. The zero-order valence-corrected chi connectivity index (χ0v) is 17.3. The molecular formula is C18H20N4O7S. The lowest BCUT2D eigenvalue weighted by Crippen LogP contribution is -2.36. The van der Waals surface area contributed by atoms with Gasteiger partial charge in [-0.3, -0.25) is 14.9 Å². The van der Waals surface area contributed by atoms with Crippen molar-refractivity contribution < 1.29 is 27.6 Å². The lowest BCUT2D eigenvalue weighted by atomic mass is 10.2. The van der Waals surface area contributed by atoms with Gasteiger partial charge in [-0.05, 0) is 12.1 Å². The number of nitrogens with one attached hydrogen (secondary N) is 1. The molecule has 30 heavy (non-hydrogen) atoms. The van der Waals surface area contributed by atoms with Gasteiger partial charge in [0.05, 0.1) is 31.9 Å². The molecule has 1 amide bonds. The molecule has 2 aromatic carbocycles. The van der Waals surface area contributed by atoms with Crippen molar-refractivity contribution in [1.82, 2.24) is 9.73 Å². The third kappa shape index (κ3) is 5.52. The maximum Gasteiger partial charge on any atom is 0.270 e. The molecule has 160 valence electrons. The van der Waals surface area contributed by atoms with Crippen LogP contribution in [0.3, 0.4) is 0 Å². The van der Waals surface area contributed by atoms with E-state index in [0.29, 0.717) is 11.3 Å². The summed E-state index contributed by atoms with van der Waals surface area (Å²) in [6, 6.07) is 9.93. The summed E-state index contributed by atoms with van der Waals surface area (Å²) < 4.78 is 36.6. The molecule has 2 rings (SSSR count). The third-order valence-corrected chi connectivity index (χ3v) is 5.73. The van der Waals surface area contributed by atoms with Crippen LogP contribution in [0.1, 0.15) is 5.56 Å². The summed E-state index contributed by atoms with van der Waals surface area (Å²) in [5.74, 6) is -0.287. The summed E-state index contributed by atoms with van der Waals surface area (Å²) >= 11 is 0. The molecule has 2 aromatic rings. The molecule has 0 bridgehead atoms. The molecular weight excluding hydrogens is 416 g/mol. The van der Waals surface area contributed by atoms with E-state index < -0.39 is 27.4 Å². The third-order valence-electron chi connectivity index (χ3n) is 3.91. The van der Waals surface area contributed by atoms with E-state index in [-0.39, 0.29) is 16.3 Å². The minimum absolute atomic E-state index is 0.103. The summed E-state index contributed by atoms with van der Waals surface area (Å²) in [5, 5.41) is 14.5. The van der Waals surface area contributed by atoms with E-state index in [2.05, 4.69) is 10.5 Å². The number of nitro groups is 1. The van der Waals surface area contributed by atoms with E-state index in [9.17, 15) is 23.3 Å². The van der Waals surface area contributed by atoms with E-state index in [0.717, 1.165) is 4.31 Å². The molecule has 0 radical (unpaired) electrons. The highest BCUT2D eigenvalue weighted by atomic mass is 32.2. The molecule has 0 spiro atoms. The van der Waals surface area contributed by atoms with E-state index in [4.69, 9.17) is 9.47 Å². The van der Waals surface area contributed by atoms with Gasteiger partial charge in [-0.25, -0.2) is 13.8 Å². The number of sulfonamides is 1. The van der Waals surface area contributed by atoms with Crippen molar-refractivity contribution >= 4 is 27.8 Å². The summed E-state index contributed by atoms with van der Waals surface area (Å²) in [4.78, 5) is 22.1. The number of hydrazone groups is 1. The quantitative estimate of drug-likeness (QED) is 0.356. The van der Waals surface area contributed by atoms with Crippen molar-refractivity contribution in [1.29, 1.82) is 0 Å². The number of hydrogen-bond acceptors (Lipinski definition) is 8. The van der Waals surface area contributed by atoms with E-state index in [1.165, 1.54) is 57.8 Å². The molecule has 0 fully saturated rings. The molecule has 1 N–H and O–H groups in total. The number of likely N-dealkylation sites (N-methyl/N-ethyl adjacent to an activating group) is 1. The lowest BCUT2D eigenvalue weighted by molar-refractivity contribution is -0.384. The molecule has 12 heteroatoms. The van der Waals surface area contributed by atoms with E-state index >= 15 is 0 Å².